The van der Waals surface area contributed by atoms with Gasteiger partial charge in [0, 0.05) is 62.7 Å². The Balaban J connectivity index is 1.29. The molecule has 6 rings (SSSR count). The largest absolute Gasteiger partial charge is 0.350 e. The van der Waals surface area contributed by atoms with Crippen LogP contribution in [-0.2, 0) is 37.6 Å². The van der Waals surface area contributed by atoms with Crippen molar-refractivity contribution in [3.05, 3.63) is 64.6 Å². The average molecular weight is 687 g/mol. The number of para-hydroxylation sites is 1. The molecule has 2 aliphatic heterocycles. The molecule has 1 atom stereocenters. The molecule has 47 heavy (non-hydrogen) atoms. The third-order valence-corrected chi connectivity index (χ3v) is 11.7. The van der Waals surface area contributed by atoms with E-state index in [2.05, 4.69) is 5.32 Å². The standard InChI is InChI=1S/C34H40ClFN4O6S/c1-38-21-27(26-6-2-3-7-31(26)38)33(43)37-30-20-29(36)24(18-28(30)35)19-32(42)34(39-12-4-5-13-39,40-14-16-47(44,45)17-15-40)46-25-10-8-23(22-41)9-11-25/h2-3,6-7,18,20-23,25H,4-5,8-17,19H2,1H3,(H,37,43). The van der Waals surface area contributed by atoms with Crippen LogP contribution in [0.1, 0.15) is 54.4 Å². The highest BCUT2D eigenvalue weighted by Gasteiger charge is 2.53. The molecule has 1 unspecified atom stereocenters. The van der Waals surface area contributed by atoms with Crippen LogP contribution in [0.2, 0.25) is 5.02 Å². The van der Waals surface area contributed by atoms with Gasteiger partial charge in [-0.15, -0.1) is 0 Å². The topological polar surface area (TPSA) is 118 Å². The monoisotopic (exact) mass is 686 g/mol. The quantitative estimate of drug-likeness (QED) is 0.308. The lowest BCUT2D eigenvalue weighted by Crippen LogP contribution is -2.70. The number of aryl methyl sites for hydroxylation is 1. The van der Waals surface area contributed by atoms with E-state index in [1.807, 2.05) is 45.7 Å². The van der Waals surface area contributed by atoms with Crippen molar-refractivity contribution in [1.82, 2.24) is 14.4 Å². The third-order valence-electron chi connectivity index (χ3n) is 9.79. The second-order valence-corrected chi connectivity index (χ2v) is 15.6. The number of anilines is 1. The molecule has 3 heterocycles. The molecule has 1 saturated carbocycles. The number of sulfone groups is 1. The van der Waals surface area contributed by atoms with Gasteiger partial charge in [0.05, 0.1) is 33.9 Å². The first-order valence-corrected chi connectivity index (χ1v) is 18.4. The number of amides is 1. The fourth-order valence-electron chi connectivity index (χ4n) is 7.20. The van der Waals surface area contributed by atoms with Crippen molar-refractivity contribution in [3.63, 3.8) is 0 Å². The van der Waals surface area contributed by atoms with Gasteiger partial charge in [-0.2, -0.15) is 0 Å². The summed E-state index contributed by atoms with van der Waals surface area (Å²) in [6.07, 6.45) is 6.12. The molecule has 3 aromatic rings. The van der Waals surface area contributed by atoms with Crippen LogP contribution in [0, 0.1) is 11.7 Å². The first-order valence-electron chi connectivity index (χ1n) is 16.2. The number of aldehydes is 1. The summed E-state index contributed by atoms with van der Waals surface area (Å²) in [4.78, 5) is 43.1. The zero-order valence-electron chi connectivity index (χ0n) is 26.4. The van der Waals surface area contributed by atoms with Gasteiger partial charge in [0.2, 0.25) is 5.85 Å². The molecule has 2 saturated heterocycles. The number of fused-ring (bicyclic) bond motifs is 1. The van der Waals surface area contributed by atoms with Crippen molar-refractivity contribution in [2.24, 2.45) is 13.0 Å². The Bertz CT molecular complexity index is 1770. The molecule has 1 amide bonds. The maximum absolute atomic E-state index is 15.8. The summed E-state index contributed by atoms with van der Waals surface area (Å²) < 4.78 is 49.3. The molecule has 2 aromatic carbocycles. The van der Waals surface area contributed by atoms with Crippen LogP contribution >= 0.6 is 11.6 Å². The minimum atomic E-state index is -3.27. The van der Waals surface area contributed by atoms with E-state index in [9.17, 15) is 22.8 Å². The molecular weight excluding hydrogens is 647 g/mol. The van der Waals surface area contributed by atoms with E-state index in [1.54, 1.807) is 6.20 Å². The predicted molar refractivity (Wildman–Crippen MR) is 178 cm³/mol. The first-order chi connectivity index (χ1) is 22.5. The number of hydrogen-bond donors (Lipinski definition) is 1. The van der Waals surface area contributed by atoms with Gasteiger partial charge >= 0.3 is 0 Å². The highest BCUT2D eigenvalue weighted by Crippen LogP contribution is 2.37. The summed E-state index contributed by atoms with van der Waals surface area (Å²) in [5, 5.41) is 3.54. The second kappa shape index (κ2) is 13.8. The number of rotatable bonds is 10. The molecule has 3 aliphatic rings. The van der Waals surface area contributed by atoms with E-state index in [4.69, 9.17) is 16.3 Å². The maximum Gasteiger partial charge on any atom is 0.257 e. The molecule has 10 nitrogen and oxygen atoms in total. The number of hydrogen-bond acceptors (Lipinski definition) is 8. The van der Waals surface area contributed by atoms with Crippen LogP contribution in [0.5, 0.6) is 0 Å². The Kier molecular flexibility index (Phi) is 9.87. The van der Waals surface area contributed by atoms with Gasteiger partial charge in [0.15, 0.2) is 15.6 Å². The van der Waals surface area contributed by atoms with Gasteiger partial charge in [-0.3, -0.25) is 19.4 Å². The summed E-state index contributed by atoms with van der Waals surface area (Å²) in [6, 6.07) is 9.93. The predicted octanol–water partition coefficient (Wildman–Crippen LogP) is 4.59. The van der Waals surface area contributed by atoms with E-state index in [0.717, 1.165) is 36.1 Å². The molecule has 13 heteroatoms. The number of Topliss-reactive ketones (excluding diaryl/α,β-unsaturated/α-hetero) is 1. The number of carbonyl (C=O) groups is 3. The number of likely N-dealkylation sites (tertiary alicyclic amines) is 1. The number of nitrogens with zero attached hydrogens (tertiary/aromatic N) is 3. The summed E-state index contributed by atoms with van der Waals surface area (Å²) in [5.74, 6) is -3.42. The number of carbonyl (C=O) groups excluding carboxylic acids is 3. The Labute approximate surface area is 279 Å². The van der Waals surface area contributed by atoms with Crippen LogP contribution in [0.25, 0.3) is 10.9 Å². The third kappa shape index (κ3) is 6.89. The number of ketones is 1. The van der Waals surface area contributed by atoms with Gasteiger partial charge in [-0.1, -0.05) is 29.8 Å². The van der Waals surface area contributed by atoms with E-state index in [0.29, 0.717) is 44.3 Å². The van der Waals surface area contributed by atoms with Crippen molar-refractivity contribution in [3.8, 4) is 0 Å². The van der Waals surface area contributed by atoms with Crippen LogP contribution < -0.4 is 5.32 Å². The molecular formula is C34H40ClFN4O6S. The van der Waals surface area contributed by atoms with Crippen LogP contribution in [0.3, 0.4) is 0 Å². The van der Waals surface area contributed by atoms with Crippen molar-refractivity contribution in [2.75, 3.05) is 43.0 Å². The van der Waals surface area contributed by atoms with E-state index < -0.39 is 33.2 Å². The van der Waals surface area contributed by atoms with Gasteiger partial charge in [-0.05, 0) is 62.3 Å². The van der Waals surface area contributed by atoms with E-state index in [1.165, 1.54) is 6.07 Å². The van der Waals surface area contributed by atoms with Gasteiger partial charge in [0.1, 0.15) is 12.1 Å². The minimum absolute atomic E-state index is 0.0459. The molecule has 1 aromatic heterocycles. The summed E-state index contributed by atoms with van der Waals surface area (Å²) in [5.41, 5.74) is 1.41. The highest BCUT2D eigenvalue weighted by molar-refractivity contribution is 7.91. The smallest absolute Gasteiger partial charge is 0.257 e. The van der Waals surface area contributed by atoms with Crippen LogP contribution in [0.15, 0.2) is 42.6 Å². The first kappa shape index (κ1) is 33.7. The number of ether oxygens (including phenoxy) is 1. The maximum atomic E-state index is 15.8. The lowest BCUT2D eigenvalue weighted by molar-refractivity contribution is -0.254. The molecule has 1 N–H and O–H groups in total. The zero-order chi connectivity index (χ0) is 33.3. The summed E-state index contributed by atoms with van der Waals surface area (Å²) in [6.45, 7) is 1.36. The van der Waals surface area contributed by atoms with Gasteiger partial charge in [-0.25, -0.2) is 12.8 Å². The van der Waals surface area contributed by atoms with Gasteiger partial charge < -0.3 is 19.4 Å². The Morgan fingerprint density at radius 1 is 1.04 bits per heavy atom. The van der Waals surface area contributed by atoms with Crippen LogP contribution in [-0.4, -0.2) is 90.4 Å². The van der Waals surface area contributed by atoms with Crippen molar-refractivity contribution in [2.45, 2.75) is 56.9 Å². The van der Waals surface area contributed by atoms with E-state index in [-0.39, 0.29) is 59.3 Å². The SMILES string of the molecule is Cn1cc(C(=O)Nc2cc(F)c(CC(=O)C(OC3CCC(C=O)CC3)(N3CCCC3)N3CCS(=O)(=O)CC3)cc2Cl)c2ccccc21. The molecule has 252 valence electrons. The number of aromatic nitrogens is 1. The zero-order valence-corrected chi connectivity index (χ0v) is 28.0. The highest BCUT2D eigenvalue weighted by atomic mass is 35.5. The Hall–Kier alpha value is -3.16. The summed E-state index contributed by atoms with van der Waals surface area (Å²) >= 11 is 6.60. The average Bonchev–Trinajstić information content (AvgIpc) is 3.72. The lowest BCUT2D eigenvalue weighted by Gasteiger charge is -2.50. The van der Waals surface area contributed by atoms with Gasteiger partial charge in [0.25, 0.3) is 5.91 Å². The van der Waals surface area contributed by atoms with Crippen molar-refractivity contribution >= 4 is 56.0 Å². The summed E-state index contributed by atoms with van der Waals surface area (Å²) in [7, 11) is -1.43. The normalized spacial score (nSPS) is 23.4. The Morgan fingerprint density at radius 3 is 2.38 bits per heavy atom. The van der Waals surface area contributed by atoms with Crippen molar-refractivity contribution < 1.29 is 31.9 Å². The number of benzene rings is 2. The fourth-order valence-corrected chi connectivity index (χ4v) is 8.63. The van der Waals surface area contributed by atoms with Crippen LogP contribution in [0.4, 0.5) is 10.1 Å². The Morgan fingerprint density at radius 2 is 1.70 bits per heavy atom. The molecule has 3 fully saturated rings. The molecule has 0 radical (unpaired) electrons. The molecule has 0 bridgehead atoms. The lowest BCUT2D eigenvalue weighted by atomic mass is 9.88. The number of nitrogens with one attached hydrogen (secondary N) is 1. The molecule has 0 spiro atoms. The fraction of sp³-hybridized carbons (Fsp3) is 0.500. The number of halogens is 2. The minimum Gasteiger partial charge on any atom is -0.350 e. The molecule has 1 aliphatic carbocycles. The second-order valence-electron chi connectivity index (χ2n) is 12.9. The van der Waals surface area contributed by atoms with Crippen molar-refractivity contribution in [1.29, 1.82) is 0 Å². The van der Waals surface area contributed by atoms with E-state index >= 15 is 4.39 Å².